The summed E-state index contributed by atoms with van der Waals surface area (Å²) < 4.78 is 7.41. The third-order valence-corrected chi connectivity index (χ3v) is 10.4. The molecule has 1 amide bonds. The molecule has 0 radical (unpaired) electrons. The summed E-state index contributed by atoms with van der Waals surface area (Å²) >= 11 is 3.48. The average Bonchev–Trinajstić information content (AvgIpc) is 3.49. The highest BCUT2D eigenvalue weighted by Gasteiger charge is 2.73. The van der Waals surface area contributed by atoms with Crippen molar-refractivity contribution in [3.05, 3.63) is 57.7 Å². The van der Waals surface area contributed by atoms with Crippen LogP contribution in [0.15, 0.2) is 41.0 Å². The summed E-state index contributed by atoms with van der Waals surface area (Å²) in [5, 5.41) is 27.7. The number of phenolic OH excluding ortho intramolecular Hbond substituents is 1. The fraction of sp³-hybridized carbons (Fsp3) is 0.483. The molecule has 5 atom stereocenters. The number of aromatic amines is 1. The van der Waals surface area contributed by atoms with E-state index in [0.29, 0.717) is 24.2 Å². The Balaban J connectivity index is 1.20. The number of hydrogen-bond donors (Lipinski definition) is 4. The second-order valence-corrected chi connectivity index (χ2v) is 12.7. The minimum absolute atomic E-state index is 0.0256. The molecule has 2 aliphatic heterocycles. The Bertz CT molecular complexity index is 1470. The molecule has 37 heavy (non-hydrogen) atoms. The van der Waals surface area contributed by atoms with Crippen LogP contribution in [0.5, 0.6) is 11.5 Å². The van der Waals surface area contributed by atoms with Crippen LogP contribution in [-0.4, -0.2) is 62.9 Å². The van der Waals surface area contributed by atoms with E-state index in [-0.39, 0.29) is 23.7 Å². The van der Waals surface area contributed by atoms with Crippen LogP contribution < -0.4 is 10.1 Å². The zero-order valence-electron chi connectivity index (χ0n) is 20.5. The third kappa shape index (κ3) is 2.92. The Hall–Kier alpha value is -2.55. The fourth-order valence-corrected chi connectivity index (χ4v) is 8.63. The number of carbonyl (C=O) groups excluding carboxylic acids is 1. The van der Waals surface area contributed by atoms with Gasteiger partial charge in [-0.1, -0.05) is 18.2 Å². The molecule has 5 aliphatic rings. The molecule has 8 rings (SSSR count). The second kappa shape index (κ2) is 7.52. The van der Waals surface area contributed by atoms with E-state index >= 15 is 0 Å². The summed E-state index contributed by atoms with van der Waals surface area (Å²) in [4.78, 5) is 19.4. The molecule has 1 saturated heterocycles. The van der Waals surface area contributed by atoms with E-state index in [1.807, 2.05) is 30.3 Å². The Labute approximate surface area is 223 Å². The Kier molecular flexibility index (Phi) is 4.56. The summed E-state index contributed by atoms with van der Waals surface area (Å²) in [7, 11) is 0. The van der Waals surface area contributed by atoms with Crippen molar-refractivity contribution in [3.8, 4) is 11.5 Å². The van der Waals surface area contributed by atoms with Gasteiger partial charge in [-0.05, 0) is 90.7 Å². The molecule has 2 bridgehead atoms. The maximum atomic E-state index is 13.6. The molecule has 2 saturated carbocycles. The number of ether oxygens (including phenoxy) is 1. The molecule has 192 valence electrons. The number of halogens is 1. The first-order valence-electron chi connectivity index (χ1n) is 13.5. The molecule has 7 nitrogen and oxygen atoms in total. The smallest absolute Gasteiger partial charge is 0.253 e. The number of aromatic nitrogens is 1. The SMILES string of the molecule is O=C(N[C@H]1CC[C@@]2(O)[C@H]3Cc4ccc(O)c5c4[C@@]2(CCN3CC2CC2)[C@H]1O5)c1cccc2cc(Br)[nH]c12. The number of benzene rings is 2. The monoisotopic (exact) mass is 563 g/mol. The van der Waals surface area contributed by atoms with Crippen molar-refractivity contribution >= 4 is 32.7 Å². The molecule has 3 aliphatic carbocycles. The van der Waals surface area contributed by atoms with Gasteiger partial charge in [0.2, 0.25) is 0 Å². The maximum Gasteiger partial charge on any atom is 0.253 e. The first-order chi connectivity index (χ1) is 17.9. The number of aliphatic hydroxyl groups is 1. The molecule has 1 spiro atoms. The summed E-state index contributed by atoms with van der Waals surface area (Å²) in [6, 6.07) is 11.2. The van der Waals surface area contributed by atoms with Crippen molar-refractivity contribution in [2.24, 2.45) is 5.92 Å². The molecular weight excluding hydrogens is 534 g/mol. The summed E-state index contributed by atoms with van der Waals surface area (Å²) in [5.74, 6) is 1.21. The van der Waals surface area contributed by atoms with Crippen LogP contribution in [0.4, 0.5) is 0 Å². The quantitative estimate of drug-likeness (QED) is 0.384. The first kappa shape index (κ1) is 22.4. The lowest BCUT2D eigenvalue weighted by molar-refractivity contribution is -0.191. The molecule has 2 aromatic carbocycles. The minimum Gasteiger partial charge on any atom is -0.504 e. The molecule has 3 heterocycles. The number of piperidine rings is 1. The number of phenols is 1. The van der Waals surface area contributed by atoms with Gasteiger partial charge in [0.1, 0.15) is 6.10 Å². The van der Waals surface area contributed by atoms with Crippen LogP contribution in [-0.2, 0) is 11.8 Å². The molecule has 3 aromatic rings. The maximum absolute atomic E-state index is 13.6. The van der Waals surface area contributed by atoms with Crippen LogP contribution in [0.2, 0.25) is 0 Å². The zero-order chi connectivity index (χ0) is 25.1. The van der Waals surface area contributed by atoms with Crippen molar-refractivity contribution in [1.82, 2.24) is 15.2 Å². The van der Waals surface area contributed by atoms with E-state index in [2.05, 4.69) is 31.1 Å². The van der Waals surface area contributed by atoms with Gasteiger partial charge in [-0.15, -0.1) is 0 Å². The van der Waals surface area contributed by atoms with E-state index in [0.717, 1.165) is 52.9 Å². The Morgan fingerprint density at radius 1 is 1.22 bits per heavy atom. The highest BCUT2D eigenvalue weighted by molar-refractivity contribution is 9.10. The van der Waals surface area contributed by atoms with Crippen LogP contribution in [0.3, 0.4) is 0 Å². The number of carbonyl (C=O) groups is 1. The van der Waals surface area contributed by atoms with Crippen molar-refractivity contribution in [3.63, 3.8) is 0 Å². The summed E-state index contributed by atoms with van der Waals surface area (Å²) in [5.41, 5.74) is 1.93. The van der Waals surface area contributed by atoms with Crippen molar-refractivity contribution in [2.45, 2.75) is 67.7 Å². The van der Waals surface area contributed by atoms with E-state index in [1.54, 1.807) is 6.07 Å². The lowest BCUT2D eigenvalue weighted by Crippen LogP contribution is -2.78. The van der Waals surface area contributed by atoms with Gasteiger partial charge < -0.3 is 25.3 Å². The fourth-order valence-electron chi connectivity index (χ4n) is 8.19. The van der Waals surface area contributed by atoms with Gasteiger partial charge in [-0.2, -0.15) is 0 Å². The van der Waals surface area contributed by atoms with E-state index in [9.17, 15) is 15.0 Å². The van der Waals surface area contributed by atoms with Crippen LogP contribution in [0.25, 0.3) is 10.9 Å². The number of para-hydroxylation sites is 1. The van der Waals surface area contributed by atoms with Crippen LogP contribution in [0, 0.1) is 5.92 Å². The highest BCUT2D eigenvalue weighted by Crippen LogP contribution is 2.65. The Morgan fingerprint density at radius 3 is 2.92 bits per heavy atom. The number of nitrogens with zero attached hydrogens (tertiary/aromatic N) is 1. The second-order valence-electron chi connectivity index (χ2n) is 11.8. The van der Waals surface area contributed by atoms with Crippen molar-refractivity contribution in [1.29, 1.82) is 0 Å². The van der Waals surface area contributed by atoms with E-state index in [1.165, 1.54) is 18.4 Å². The first-order valence-corrected chi connectivity index (χ1v) is 14.2. The largest absolute Gasteiger partial charge is 0.504 e. The number of nitrogens with one attached hydrogen (secondary N) is 2. The minimum atomic E-state index is -0.956. The molecule has 8 heteroatoms. The number of amides is 1. The van der Waals surface area contributed by atoms with Gasteiger partial charge in [-0.3, -0.25) is 9.69 Å². The lowest BCUT2D eigenvalue weighted by Gasteiger charge is -2.64. The number of likely N-dealkylation sites (tertiary alicyclic amines) is 1. The number of aromatic hydroxyl groups is 1. The number of H-pyrrole nitrogens is 1. The number of hydrogen-bond acceptors (Lipinski definition) is 5. The predicted octanol–water partition coefficient (Wildman–Crippen LogP) is 4.00. The van der Waals surface area contributed by atoms with Gasteiger partial charge in [0.25, 0.3) is 5.91 Å². The van der Waals surface area contributed by atoms with E-state index in [4.69, 9.17) is 4.74 Å². The molecule has 3 fully saturated rings. The Morgan fingerprint density at radius 2 is 2.08 bits per heavy atom. The van der Waals surface area contributed by atoms with Gasteiger partial charge >= 0.3 is 0 Å². The van der Waals surface area contributed by atoms with Crippen LogP contribution in [0.1, 0.15) is 53.6 Å². The lowest BCUT2D eigenvalue weighted by atomic mass is 9.48. The van der Waals surface area contributed by atoms with Crippen molar-refractivity contribution < 1.29 is 19.7 Å². The standard InChI is InChI=1S/C29H30BrN3O4/c30-22-13-17-2-1-3-18(24(17)32-22)27(35)31-19-8-9-29(36)21-12-16-6-7-20(34)25-23(16)28(29,26(19)37-25)10-11-33(21)14-15-4-5-15/h1-3,6-7,13,15,19,21,26,32,34,36H,4-5,8-12,14H2,(H,31,35)/t19-,21+,26-,28-,29+/m0/s1. The van der Waals surface area contributed by atoms with Gasteiger partial charge in [-0.25, -0.2) is 0 Å². The van der Waals surface area contributed by atoms with Gasteiger partial charge in [0.15, 0.2) is 11.5 Å². The topological polar surface area (TPSA) is 97.8 Å². The third-order valence-electron chi connectivity index (χ3n) is 9.95. The highest BCUT2D eigenvalue weighted by atomic mass is 79.9. The normalized spacial score (nSPS) is 33.7. The molecule has 4 N–H and O–H groups in total. The van der Waals surface area contributed by atoms with Crippen molar-refractivity contribution in [2.75, 3.05) is 13.1 Å². The predicted molar refractivity (Wildman–Crippen MR) is 142 cm³/mol. The molecule has 0 unspecified atom stereocenters. The van der Waals surface area contributed by atoms with Crippen LogP contribution >= 0.6 is 15.9 Å². The average molecular weight is 564 g/mol. The number of rotatable bonds is 4. The summed E-state index contributed by atoms with van der Waals surface area (Å²) in [6.45, 7) is 1.94. The summed E-state index contributed by atoms with van der Waals surface area (Å²) in [6.07, 6.45) is 4.87. The number of fused-ring (bicyclic) bond motifs is 1. The molecular formula is C29H30BrN3O4. The molecule has 1 aromatic heterocycles. The zero-order valence-corrected chi connectivity index (χ0v) is 22.1. The van der Waals surface area contributed by atoms with E-state index < -0.39 is 17.1 Å². The van der Waals surface area contributed by atoms with Gasteiger partial charge in [0, 0.05) is 23.5 Å². The van der Waals surface area contributed by atoms with Gasteiger partial charge in [0.05, 0.1) is 32.7 Å².